The summed E-state index contributed by atoms with van der Waals surface area (Å²) < 4.78 is 2.05. The Bertz CT molecular complexity index is 1250. The molecule has 1 aliphatic carbocycles. The molecule has 0 bridgehead atoms. The molecule has 1 aromatic carbocycles. The maximum atomic E-state index is 5.06. The molecule has 7 nitrogen and oxygen atoms in total. The number of fused-ring (bicyclic) bond motifs is 1. The number of pyridine rings is 1. The predicted octanol–water partition coefficient (Wildman–Crippen LogP) is 4.84. The SMILES string of the molecule is Cc1cccc(-c2nc3sc(N4CCN(Cc5cccnc5)CC4)nn3c2NC2CCCC2)c1. The number of benzene rings is 1. The van der Waals surface area contributed by atoms with Crippen LogP contribution in [0.1, 0.15) is 36.8 Å². The van der Waals surface area contributed by atoms with Crippen LogP contribution in [0, 0.1) is 6.92 Å². The van der Waals surface area contributed by atoms with Crippen molar-refractivity contribution in [3.05, 3.63) is 59.9 Å². The van der Waals surface area contributed by atoms with Gasteiger partial charge in [-0.3, -0.25) is 9.88 Å². The number of nitrogens with one attached hydrogen (secondary N) is 1. The monoisotopic (exact) mass is 473 g/mol. The molecule has 2 fully saturated rings. The van der Waals surface area contributed by atoms with Gasteiger partial charge in [-0.2, -0.15) is 4.52 Å². The van der Waals surface area contributed by atoms with Crippen molar-refractivity contribution in [2.45, 2.75) is 45.2 Å². The van der Waals surface area contributed by atoms with E-state index in [0.29, 0.717) is 6.04 Å². The van der Waals surface area contributed by atoms with Gasteiger partial charge in [-0.15, -0.1) is 5.10 Å². The lowest BCUT2D eigenvalue weighted by Crippen LogP contribution is -2.46. The molecule has 1 saturated heterocycles. The van der Waals surface area contributed by atoms with Crippen molar-refractivity contribution in [3.8, 4) is 11.3 Å². The van der Waals surface area contributed by atoms with Crippen LogP contribution in [0.3, 0.4) is 0 Å². The molecule has 1 N–H and O–H groups in total. The second-order valence-electron chi connectivity index (χ2n) is 9.51. The Morgan fingerprint density at radius 1 is 1.06 bits per heavy atom. The maximum Gasteiger partial charge on any atom is 0.216 e. The standard InChI is InChI=1S/C26H31N7S/c1-19-6-4-8-21(16-19)23-24(28-22-9-2-3-10-22)33-25(29-23)34-26(30-33)32-14-12-31(13-15-32)18-20-7-5-11-27-17-20/h4-8,11,16-17,22,28H,2-3,9-10,12-15,18H2,1H3. The lowest BCUT2D eigenvalue weighted by atomic mass is 10.1. The smallest absolute Gasteiger partial charge is 0.216 e. The predicted molar refractivity (Wildman–Crippen MR) is 139 cm³/mol. The van der Waals surface area contributed by atoms with Gasteiger partial charge in [-0.25, -0.2) is 4.98 Å². The highest BCUT2D eigenvalue weighted by molar-refractivity contribution is 7.20. The van der Waals surface area contributed by atoms with Crippen molar-refractivity contribution in [3.63, 3.8) is 0 Å². The minimum atomic E-state index is 0.504. The van der Waals surface area contributed by atoms with Crippen molar-refractivity contribution in [2.24, 2.45) is 0 Å². The molecule has 0 amide bonds. The first-order valence-corrected chi connectivity index (χ1v) is 13.1. The molecule has 4 heterocycles. The fourth-order valence-electron chi connectivity index (χ4n) is 5.10. The Hall–Kier alpha value is -2.97. The molecule has 0 radical (unpaired) electrons. The van der Waals surface area contributed by atoms with Crippen LogP contribution in [0.2, 0.25) is 0 Å². The molecule has 0 atom stereocenters. The van der Waals surface area contributed by atoms with E-state index in [0.717, 1.165) is 59.9 Å². The second-order valence-corrected chi connectivity index (χ2v) is 10.4. The van der Waals surface area contributed by atoms with Crippen molar-refractivity contribution < 1.29 is 0 Å². The van der Waals surface area contributed by atoms with Gasteiger partial charge < -0.3 is 10.2 Å². The fraction of sp³-hybridized carbons (Fsp3) is 0.423. The van der Waals surface area contributed by atoms with Crippen LogP contribution in [-0.2, 0) is 6.54 Å². The summed E-state index contributed by atoms with van der Waals surface area (Å²) in [5, 5.41) is 9.94. The summed E-state index contributed by atoms with van der Waals surface area (Å²) in [5.41, 5.74) is 4.69. The molecular formula is C26H31N7S. The average molecular weight is 474 g/mol. The summed E-state index contributed by atoms with van der Waals surface area (Å²) >= 11 is 1.70. The number of aryl methyl sites for hydroxylation is 1. The molecule has 3 aromatic heterocycles. The van der Waals surface area contributed by atoms with Crippen LogP contribution < -0.4 is 10.2 Å². The Kier molecular flexibility index (Phi) is 5.93. The van der Waals surface area contributed by atoms with Crippen molar-refractivity contribution in [1.29, 1.82) is 0 Å². The van der Waals surface area contributed by atoms with Gasteiger partial charge in [0.25, 0.3) is 0 Å². The van der Waals surface area contributed by atoms with E-state index in [4.69, 9.17) is 10.1 Å². The van der Waals surface area contributed by atoms with Crippen molar-refractivity contribution >= 4 is 27.2 Å². The molecule has 1 aliphatic heterocycles. The van der Waals surface area contributed by atoms with Gasteiger partial charge in [0.05, 0.1) is 0 Å². The first-order valence-electron chi connectivity index (χ1n) is 12.3. The van der Waals surface area contributed by atoms with Gasteiger partial charge in [0, 0.05) is 56.7 Å². The van der Waals surface area contributed by atoms with Crippen LogP contribution in [0.25, 0.3) is 16.2 Å². The quantitative estimate of drug-likeness (QED) is 0.432. The highest BCUT2D eigenvalue weighted by Gasteiger charge is 2.25. The molecular weight excluding hydrogens is 442 g/mol. The zero-order valence-corrected chi connectivity index (χ0v) is 20.5. The number of piperazine rings is 1. The zero-order chi connectivity index (χ0) is 22.9. The molecule has 1 saturated carbocycles. The van der Waals surface area contributed by atoms with Crippen LogP contribution in [0.15, 0.2) is 48.8 Å². The number of imidazole rings is 1. The Labute approximate surface area is 204 Å². The Morgan fingerprint density at radius 2 is 1.91 bits per heavy atom. The van der Waals surface area contributed by atoms with Crippen LogP contribution in [0.5, 0.6) is 0 Å². The first kappa shape index (κ1) is 21.6. The summed E-state index contributed by atoms with van der Waals surface area (Å²) in [5.74, 6) is 1.05. The van der Waals surface area contributed by atoms with Crippen LogP contribution >= 0.6 is 11.3 Å². The van der Waals surface area contributed by atoms with E-state index >= 15 is 0 Å². The molecule has 2 aliphatic rings. The number of rotatable bonds is 6. The minimum absolute atomic E-state index is 0.504. The second kappa shape index (κ2) is 9.35. The maximum absolute atomic E-state index is 5.06. The van der Waals surface area contributed by atoms with Gasteiger partial charge in [0.15, 0.2) is 5.82 Å². The summed E-state index contributed by atoms with van der Waals surface area (Å²) in [7, 11) is 0. The van der Waals surface area contributed by atoms with E-state index in [9.17, 15) is 0 Å². The lowest BCUT2D eigenvalue weighted by molar-refractivity contribution is 0.249. The van der Waals surface area contributed by atoms with Gasteiger partial charge in [-0.05, 0) is 37.5 Å². The first-order chi connectivity index (χ1) is 16.7. The fourth-order valence-corrected chi connectivity index (χ4v) is 6.05. The largest absolute Gasteiger partial charge is 0.365 e. The van der Waals surface area contributed by atoms with E-state index in [1.54, 1.807) is 11.3 Å². The summed E-state index contributed by atoms with van der Waals surface area (Å²) in [4.78, 5) is 15.2. The molecule has 8 heteroatoms. The van der Waals surface area contributed by atoms with E-state index in [1.165, 1.54) is 36.8 Å². The van der Waals surface area contributed by atoms with Crippen LogP contribution in [0.4, 0.5) is 10.9 Å². The number of aromatic nitrogens is 4. The third-order valence-corrected chi connectivity index (χ3v) is 7.92. The normalized spacial score (nSPS) is 17.6. The zero-order valence-electron chi connectivity index (χ0n) is 19.7. The topological polar surface area (TPSA) is 61.6 Å². The Balaban J connectivity index is 1.24. The molecule has 6 rings (SSSR count). The van der Waals surface area contributed by atoms with Crippen molar-refractivity contribution in [2.75, 3.05) is 36.4 Å². The summed E-state index contributed by atoms with van der Waals surface area (Å²) in [6.45, 7) is 7.10. The minimum Gasteiger partial charge on any atom is -0.365 e. The molecule has 34 heavy (non-hydrogen) atoms. The third-order valence-electron chi connectivity index (χ3n) is 6.95. The average Bonchev–Trinajstić information content (AvgIpc) is 3.59. The molecule has 176 valence electrons. The Morgan fingerprint density at radius 3 is 2.68 bits per heavy atom. The highest BCUT2D eigenvalue weighted by Crippen LogP contribution is 2.35. The van der Waals surface area contributed by atoms with E-state index in [2.05, 4.69) is 61.9 Å². The molecule has 4 aromatic rings. The van der Waals surface area contributed by atoms with Gasteiger partial charge in [0.2, 0.25) is 10.1 Å². The number of hydrogen-bond donors (Lipinski definition) is 1. The highest BCUT2D eigenvalue weighted by atomic mass is 32.1. The number of hydrogen-bond acceptors (Lipinski definition) is 7. The van der Waals surface area contributed by atoms with Gasteiger partial charge in [-0.1, -0.05) is 54.0 Å². The van der Waals surface area contributed by atoms with Gasteiger partial charge >= 0.3 is 0 Å². The summed E-state index contributed by atoms with van der Waals surface area (Å²) in [6, 6.07) is 13.3. The molecule has 0 unspecified atom stereocenters. The summed E-state index contributed by atoms with van der Waals surface area (Å²) in [6.07, 6.45) is 8.83. The van der Waals surface area contributed by atoms with E-state index < -0.39 is 0 Å². The number of nitrogens with zero attached hydrogens (tertiary/aromatic N) is 6. The number of anilines is 2. The van der Waals surface area contributed by atoms with Crippen molar-refractivity contribution in [1.82, 2.24) is 24.5 Å². The lowest BCUT2D eigenvalue weighted by Gasteiger charge is -2.34. The van der Waals surface area contributed by atoms with E-state index in [-0.39, 0.29) is 0 Å². The van der Waals surface area contributed by atoms with Crippen LogP contribution in [-0.4, -0.2) is 56.7 Å². The third kappa shape index (κ3) is 4.40. The van der Waals surface area contributed by atoms with Gasteiger partial charge in [0.1, 0.15) is 5.69 Å². The molecule has 0 spiro atoms. The van der Waals surface area contributed by atoms with E-state index in [1.807, 2.05) is 18.5 Å².